The Morgan fingerprint density at radius 2 is 2.00 bits per heavy atom. The molecule has 1 aromatic rings. The van der Waals surface area contributed by atoms with Gasteiger partial charge in [0.1, 0.15) is 0 Å². The second-order valence-electron chi connectivity index (χ2n) is 3.89. The predicted octanol–water partition coefficient (Wildman–Crippen LogP) is 2.02. The van der Waals surface area contributed by atoms with Gasteiger partial charge in [-0.15, -0.1) is 0 Å². The van der Waals surface area contributed by atoms with Crippen molar-refractivity contribution < 1.29 is 4.74 Å². The second-order valence-corrected chi connectivity index (χ2v) is 4.23. The van der Waals surface area contributed by atoms with E-state index in [0.29, 0.717) is 18.5 Å². The van der Waals surface area contributed by atoms with Gasteiger partial charge in [-0.05, 0) is 24.4 Å². The molecule has 0 aliphatic heterocycles. The van der Waals surface area contributed by atoms with Crippen molar-refractivity contribution in [3.63, 3.8) is 0 Å². The van der Waals surface area contributed by atoms with E-state index in [2.05, 4.69) is 28.8 Å². The van der Waals surface area contributed by atoms with Crippen molar-refractivity contribution in [1.29, 1.82) is 0 Å². The fraction of sp³-hybridized carbons (Fsp3) is 0.700. The summed E-state index contributed by atoms with van der Waals surface area (Å²) in [6.45, 7) is 7.49. The Bertz CT molecular complexity index is 346. The lowest BCUT2D eigenvalue weighted by Crippen LogP contribution is -2.25. The van der Waals surface area contributed by atoms with E-state index in [1.54, 1.807) is 0 Å². The molecule has 0 N–H and O–H groups in total. The average Bonchev–Trinajstić information content (AvgIpc) is 2.16. The van der Waals surface area contributed by atoms with Crippen molar-refractivity contribution in [3.05, 3.63) is 5.28 Å². The summed E-state index contributed by atoms with van der Waals surface area (Å²) < 4.78 is 5.21. The summed E-state index contributed by atoms with van der Waals surface area (Å²) in [5, 5.41) is 0.157. The SMILES string of the molecule is CCOc1nc(Cl)nc(N(C)CC(C)C)n1. The lowest BCUT2D eigenvalue weighted by atomic mass is 10.2. The van der Waals surface area contributed by atoms with Gasteiger partial charge in [0.15, 0.2) is 0 Å². The zero-order valence-electron chi connectivity index (χ0n) is 10.1. The molecule has 16 heavy (non-hydrogen) atoms. The van der Waals surface area contributed by atoms with E-state index in [1.165, 1.54) is 0 Å². The first kappa shape index (κ1) is 13.0. The number of nitrogens with zero attached hydrogens (tertiary/aromatic N) is 4. The van der Waals surface area contributed by atoms with Gasteiger partial charge in [-0.2, -0.15) is 15.0 Å². The first-order chi connectivity index (χ1) is 7.52. The Kier molecular flexibility index (Phi) is 4.73. The molecule has 0 atom stereocenters. The molecule has 0 spiro atoms. The Labute approximate surface area is 101 Å². The molecule has 1 rings (SSSR count). The number of aromatic nitrogens is 3. The molecular weight excluding hydrogens is 228 g/mol. The lowest BCUT2D eigenvalue weighted by Gasteiger charge is -2.19. The molecule has 0 saturated carbocycles. The number of hydrogen-bond donors (Lipinski definition) is 0. The molecule has 0 unspecified atom stereocenters. The lowest BCUT2D eigenvalue weighted by molar-refractivity contribution is 0.311. The van der Waals surface area contributed by atoms with Gasteiger partial charge in [0.25, 0.3) is 0 Å². The average molecular weight is 245 g/mol. The third-order valence-corrected chi connectivity index (χ3v) is 2.00. The van der Waals surface area contributed by atoms with Gasteiger partial charge < -0.3 is 9.64 Å². The maximum absolute atomic E-state index is 5.80. The van der Waals surface area contributed by atoms with Crippen molar-refractivity contribution in [2.45, 2.75) is 20.8 Å². The van der Waals surface area contributed by atoms with Crippen LogP contribution < -0.4 is 9.64 Å². The molecule has 6 heteroatoms. The Balaban J connectivity index is 2.86. The van der Waals surface area contributed by atoms with Crippen molar-refractivity contribution in [3.8, 4) is 6.01 Å². The maximum atomic E-state index is 5.80. The van der Waals surface area contributed by atoms with Gasteiger partial charge >= 0.3 is 6.01 Å². The van der Waals surface area contributed by atoms with Crippen LogP contribution in [-0.2, 0) is 0 Å². The van der Waals surface area contributed by atoms with Crippen LogP contribution in [0, 0.1) is 5.92 Å². The first-order valence-electron chi connectivity index (χ1n) is 5.28. The fourth-order valence-corrected chi connectivity index (χ4v) is 1.46. The van der Waals surface area contributed by atoms with E-state index < -0.39 is 0 Å². The normalized spacial score (nSPS) is 10.6. The highest BCUT2D eigenvalue weighted by Gasteiger charge is 2.10. The minimum atomic E-state index is 0.157. The standard InChI is InChI=1S/C10H17ClN4O/c1-5-16-10-13-8(11)12-9(14-10)15(4)6-7(2)3/h7H,5-6H2,1-4H3. The molecule has 0 aliphatic carbocycles. The van der Waals surface area contributed by atoms with Crippen LogP contribution in [-0.4, -0.2) is 35.2 Å². The molecule has 90 valence electrons. The maximum Gasteiger partial charge on any atom is 0.322 e. The highest BCUT2D eigenvalue weighted by Crippen LogP contribution is 2.14. The molecule has 0 fully saturated rings. The van der Waals surface area contributed by atoms with Crippen LogP contribution in [0.15, 0.2) is 0 Å². The van der Waals surface area contributed by atoms with Gasteiger partial charge in [-0.1, -0.05) is 13.8 Å². The highest BCUT2D eigenvalue weighted by atomic mass is 35.5. The van der Waals surface area contributed by atoms with Gasteiger partial charge in [-0.25, -0.2) is 0 Å². The summed E-state index contributed by atoms with van der Waals surface area (Å²) in [5.74, 6) is 1.06. The van der Waals surface area contributed by atoms with E-state index in [1.807, 2.05) is 18.9 Å². The van der Waals surface area contributed by atoms with E-state index in [0.717, 1.165) is 6.54 Å². The third kappa shape index (κ3) is 3.81. The van der Waals surface area contributed by atoms with Crippen LogP contribution in [0.5, 0.6) is 6.01 Å². The second kappa shape index (κ2) is 5.84. The molecule has 0 bridgehead atoms. The smallest absolute Gasteiger partial charge is 0.322 e. The number of anilines is 1. The molecule has 1 heterocycles. The Morgan fingerprint density at radius 3 is 2.56 bits per heavy atom. The number of halogens is 1. The fourth-order valence-electron chi connectivity index (χ4n) is 1.32. The molecule has 1 aromatic heterocycles. The summed E-state index contributed by atoms with van der Waals surface area (Å²) in [4.78, 5) is 14.0. The van der Waals surface area contributed by atoms with E-state index in [9.17, 15) is 0 Å². The van der Waals surface area contributed by atoms with E-state index in [4.69, 9.17) is 16.3 Å². The largest absolute Gasteiger partial charge is 0.464 e. The van der Waals surface area contributed by atoms with Crippen molar-refractivity contribution in [1.82, 2.24) is 15.0 Å². The number of rotatable bonds is 5. The van der Waals surface area contributed by atoms with Crippen molar-refractivity contribution in [2.75, 3.05) is 25.1 Å². The first-order valence-corrected chi connectivity index (χ1v) is 5.66. The molecule has 0 radical (unpaired) electrons. The van der Waals surface area contributed by atoms with E-state index >= 15 is 0 Å². The Hall–Kier alpha value is -1.10. The van der Waals surface area contributed by atoms with Crippen LogP contribution in [0.4, 0.5) is 5.95 Å². The van der Waals surface area contributed by atoms with E-state index in [-0.39, 0.29) is 11.3 Å². The molecule has 0 aliphatic rings. The van der Waals surface area contributed by atoms with Gasteiger partial charge in [0, 0.05) is 13.6 Å². The van der Waals surface area contributed by atoms with Crippen LogP contribution in [0.2, 0.25) is 5.28 Å². The monoisotopic (exact) mass is 244 g/mol. The number of hydrogen-bond acceptors (Lipinski definition) is 5. The summed E-state index contributed by atoms with van der Waals surface area (Å²) in [5.41, 5.74) is 0. The van der Waals surface area contributed by atoms with Gasteiger partial charge in [-0.3, -0.25) is 0 Å². The quantitative estimate of drug-likeness (QED) is 0.793. The summed E-state index contributed by atoms with van der Waals surface area (Å²) in [7, 11) is 1.92. The summed E-state index contributed by atoms with van der Waals surface area (Å²) in [6, 6.07) is 0.271. The van der Waals surface area contributed by atoms with Crippen LogP contribution in [0.25, 0.3) is 0 Å². The van der Waals surface area contributed by atoms with Gasteiger partial charge in [0.2, 0.25) is 11.2 Å². The minimum absolute atomic E-state index is 0.157. The number of ether oxygens (including phenoxy) is 1. The predicted molar refractivity (Wildman–Crippen MR) is 64.1 cm³/mol. The summed E-state index contributed by atoms with van der Waals surface area (Å²) in [6.07, 6.45) is 0. The molecule has 0 saturated heterocycles. The van der Waals surface area contributed by atoms with Gasteiger partial charge in [0.05, 0.1) is 6.61 Å². The van der Waals surface area contributed by atoms with Crippen LogP contribution in [0.1, 0.15) is 20.8 Å². The Morgan fingerprint density at radius 1 is 1.31 bits per heavy atom. The zero-order valence-corrected chi connectivity index (χ0v) is 10.8. The van der Waals surface area contributed by atoms with Crippen LogP contribution in [0.3, 0.4) is 0 Å². The topological polar surface area (TPSA) is 51.1 Å². The molecule has 0 amide bonds. The summed E-state index contributed by atoms with van der Waals surface area (Å²) >= 11 is 5.80. The molecule has 5 nitrogen and oxygen atoms in total. The molecular formula is C10H17ClN4O. The highest BCUT2D eigenvalue weighted by molar-refractivity contribution is 6.28. The van der Waals surface area contributed by atoms with Crippen molar-refractivity contribution >= 4 is 17.5 Å². The van der Waals surface area contributed by atoms with Crippen molar-refractivity contribution in [2.24, 2.45) is 5.92 Å². The third-order valence-electron chi connectivity index (χ3n) is 1.83. The van der Waals surface area contributed by atoms with Crippen LogP contribution >= 0.6 is 11.6 Å². The zero-order chi connectivity index (χ0) is 12.1. The minimum Gasteiger partial charge on any atom is -0.464 e. The molecule has 0 aromatic carbocycles.